The van der Waals surface area contributed by atoms with Crippen LogP contribution in [0, 0.1) is 13.8 Å². The van der Waals surface area contributed by atoms with Crippen molar-refractivity contribution in [3.05, 3.63) is 65.2 Å². The van der Waals surface area contributed by atoms with Crippen LogP contribution in [0.3, 0.4) is 0 Å². The van der Waals surface area contributed by atoms with E-state index in [1.165, 1.54) is 0 Å². The predicted molar refractivity (Wildman–Crippen MR) is 92.5 cm³/mol. The van der Waals surface area contributed by atoms with E-state index in [-0.39, 0.29) is 18.9 Å². The van der Waals surface area contributed by atoms with Crippen LogP contribution in [-0.4, -0.2) is 18.4 Å². The van der Waals surface area contributed by atoms with Gasteiger partial charge in [-0.05, 0) is 36.6 Å². The molecule has 1 unspecified atom stereocenters. The third-order valence-corrected chi connectivity index (χ3v) is 3.65. The van der Waals surface area contributed by atoms with Gasteiger partial charge in [-0.15, -0.1) is 0 Å². The molecule has 2 aromatic rings. The van der Waals surface area contributed by atoms with E-state index in [0.29, 0.717) is 5.56 Å². The Morgan fingerprint density at radius 1 is 1.12 bits per heavy atom. The zero-order valence-electron chi connectivity index (χ0n) is 13.9. The second-order valence-corrected chi connectivity index (χ2v) is 5.68. The highest BCUT2D eigenvalue weighted by molar-refractivity contribution is 5.87. The van der Waals surface area contributed by atoms with Crippen molar-refractivity contribution in [3.63, 3.8) is 0 Å². The Kier molecular flexibility index (Phi) is 5.95. The zero-order valence-corrected chi connectivity index (χ0v) is 13.9. The maximum atomic E-state index is 12.1. The Morgan fingerprint density at radius 2 is 1.83 bits per heavy atom. The highest BCUT2D eigenvalue weighted by Crippen LogP contribution is 2.19. The van der Waals surface area contributed by atoms with Gasteiger partial charge < -0.3 is 15.8 Å². The topological polar surface area (TPSA) is 81.4 Å². The average molecular weight is 326 g/mol. The monoisotopic (exact) mass is 326 g/mol. The molecular weight excluding hydrogens is 304 g/mol. The smallest absolute Gasteiger partial charge is 0.244 e. The van der Waals surface area contributed by atoms with Gasteiger partial charge in [0.1, 0.15) is 11.8 Å². The number of primary amides is 1. The largest absolute Gasteiger partial charge is 0.493 e. The number of hydrogen-bond donors (Lipinski definition) is 2. The Labute approximate surface area is 141 Å². The lowest BCUT2D eigenvalue weighted by molar-refractivity contribution is -0.127. The molecule has 126 valence electrons. The molecule has 24 heavy (non-hydrogen) atoms. The van der Waals surface area contributed by atoms with Crippen molar-refractivity contribution < 1.29 is 14.3 Å². The molecule has 0 aromatic heterocycles. The van der Waals surface area contributed by atoms with Crippen LogP contribution in [0.15, 0.2) is 48.5 Å². The van der Waals surface area contributed by atoms with Gasteiger partial charge in [-0.1, -0.05) is 42.5 Å². The molecule has 1 atom stereocenters. The Bertz CT molecular complexity index is 714. The first-order valence-electron chi connectivity index (χ1n) is 7.81. The van der Waals surface area contributed by atoms with E-state index in [1.54, 1.807) is 24.3 Å². The molecule has 0 heterocycles. The molecule has 0 bridgehead atoms. The van der Waals surface area contributed by atoms with Crippen molar-refractivity contribution in [1.29, 1.82) is 0 Å². The standard InChI is InChI=1S/C19H22N2O3/c1-13-8-9-14(2)16(12-13)24-11-10-17(22)21-18(19(20)23)15-6-4-3-5-7-15/h3-9,12,18H,10-11H2,1-2H3,(H2,20,23)(H,21,22). The number of ether oxygens (including phenoxy) is 1. The Morgan fingerprint density at radius 3 is 2.50 bits per heavy atom. The number of aryl methyl sites for hydroxylation is 2. The zero-order chi connectivity index (χ0) is 17.5. The maximum Gasteiger partial charge on any atom is 0.244 e. The molecule has 2 aromatic carbocycles. The molecule has 2 amide bonds. The van der Waals surface area contributed by atoms with Gasteiger partial charge >= 0.3 is 0 Å². The minimum atomic E-state index is -0.834. The minimum Gasteiger partial charge on any atom is -0.493 e. The quantitative estimate of drug-likeness (QED) is 0.820. The molecule has 0 saturated carbocycles. The van der Waals surface area contributed by atoms with E-state index >= 15 is 0 Å². The summed E-state index contributed by atoms with van der Waals surface area (Å²) in [5.74, 6) is -0.115. The first-order valence-corrected chi connectivity index (χ1v) is 7.81. The lowest BCUT2D eigenvalue weighted by Gasteiger charge is -2.16. The second-order valence-electron chi connectivity index (χ2n) is 5.68. The van der Waals surface area contributed by atoms with E-state index < -0.39 is 11.9 Å². The summed E-state index contributed by atoms with van der Waals surface area (Å²) in [6, 6.07) is 14.0. The van der Waals surface area contributed by atoms with Crippen molar-refractivity contribution in [2.24, 2.45) is 5.73 Å². The van der Waals surface area contributed by atoms with Crippen molar-refractivity contribution in [1.82, 2.24) is 5.32 Å². The number of benzene rings is 2. The fourth-order valence-corrected chi connectivity index (χ4v) is 2.31. The summed E-state index contributed by atoms with van der Waals surface area (Å²) in [7, 11) is 0. The van der Waals surface area contributed by atoms with Gasteiger partial charge in [-0.2, -0.15) is 0 Å². The highest BCUT2D eigenvalue weighted by Gasteiger charge is 2.19. The predicted octanol–water partition coefficient (Wildman–Crippen LogP) is 2.42. The molecule has 5 nitrogen and oxygen atoms in total. The molecule has 0 spiro atoms. The van der Waals surface area contributed by atoms with Crippen molar-refractivity contribution in [3.8, 4) is 5.75 Å². The second kappa shape index (κ2) is 8.15. The van der Waals surface area contributed by atoms with Crippen LogP contribution >= 0.6 is 0 Å². The van der Waals surface area contributed by atoms with Crippen LogP contribution in [0.5, 0.6) is 5.75 Å². The van der Waals surface area contributed by atoms with Gasteiger partial charge in [-0.25, -0.2) is 0 Å². The van der Waals surface area contributed by atoms with Crippen LogP contribution in [0.2, 0.25) is 0 Å². The van der Waals surface area contributed by atoms with Crippen LogP contribution in [0.1, 0.15) is 29.2 Å². The van der Waals surface area contributed by atoms with E-state index in [1.807, 2.05) is 38.1 Å². The van der Waals surface area contributed by atoms with Crippen LogP contribution < -0.4 is 15.8 Å². The van der Waals surface area contributed by atoms with Gasteiger partial charge in [0.2, 0.25) is 11.8 Å². The Balaban J connectivity index is 1.90. The minimum absolute atomic E-state index is 0.143. The number of carbonyl (C=O) groups is 2. The molecule has 5 heteroatoms. The number of nitrogens with two attached hydrogens (primary N) is 1. The number of amides is 2. The number of hydrogen-bond acceptors (Lipinski definition) is 3. The first kappa shape index (κ1) is 17.5. The fourth-order valence-electron chi connectivity index (χ4n) is 2.31. The molecule has 0 aliphatic carbocycles. The van der Waals surface area contributed by atoms with Crippen LogP contribution in [0.4, 0.5) is 0 Å². The van der Waals surface area contributed by atoms with Gasteiger partial charge in [0.15, 0.2) is 0 Å². The number of carbonyl (C=O) groups excluding carboxylic acids is 2. The molecule has 0 aliphatic heterocycles. The summed E-state index contributed by atoms with van der Waals surface area (Å²) in [4.78, 5) is 23.7. The lowest BCUT2D eigenvalue weighted by atomic mass is 10.1. The van der Waals surface area contributed by atoms with Gasteiger partial charge in [-0.3, -0.25) is 9.59 Å². The third kappa shape index (κ3) is 4.84. The fraction of sp³-hybridized carbons (Fsp3) is 0.263. The first-order chi connectivity index (χ1) is 11.5. The Hall–Kier alpha value is -2.82. The molecule has 0 fully saturated rings. The molecule has 0 radical (unpaired) electrons. The maximum absolute atomic E-state index is 12.1. The number of rotatable bonds is 7. The highest BCUT2D eigenvalue weighted by atomic mass is 16.5. The summed E-state index contributed by atoms with van der Waals surface area (Å²) >= 11 is 0. The van der Waals surface area contributed by atoms with Crippen molar-refractivity contribution >= 4 is 11.8 Å². The number of nitrogens with one attached hydrogen (secondary N) is 1. The van der Waals surface area contributed by atoms with E-state index in [4.69, 9.17) is 10.5 Å². The third-order valence-electron chi connectivity index (χ3n) is 3.65. The van der Waals surface area contributed by atoms with E-state index in [0.717, 1.165) is 16.9 Å². The molecule has 2 rings (SSSR count). The van der Waals surface area contributed by atoms with Crippen LogP contribution in [-0.2, 0) is 9.59 Å². The van der Waals surface area contributed by atoms with Gasteiger partial charge in [0.05, 0.1) is 13.0 Å². The van der Waals surface area contributed by atoms with Gasteiger partial charge in [0, 0.05) is 0 Å². The SMILES string of the molecule is Cc1ccc(C)c(OCCC(=O)NC(C(N)=O)c2ccccc2)c1. The average Bonchev–Trinajstić information content (AvgIpc) is 2.56. The molecular formula is C19H22N2O3. The summed E-state index contributed by atoms with van der Waals surface area (Å²) in [6.45, 7) is 4.17. The lowest BCUT2D eigenvalue weighted by Crippen LogP contribution is -2.37. The van der Waals surface area contributed by atoms with Crippen molar-refractivity contribution in [2.45, 2.75) is 26.3 Å². The summed E-state index contributed by atoms with van der Waals surface area (Å²) < 4.78 is 5.66. The van der Waals surface area contributed by atoms with Gasteiger partial charge in [0.25, 0.3) is 0 Å². The summed E-state index contributed by atoms with van der Waals surface area (Å²) in [5.41, 5.74) is 8.16. The summed E-state index contributed by atoms with van der Waals surface area (Å²) in [5, 5.41) is 2.65. The molecule has 0 aliphatic rings. The van der Waals surface area contributed by atoms with Crippen LogP contribution in [0.25, 0.3) is 0 Å². The molecule has 3 N–H and O–H groups in total. The normalized spacial score (nSPS) is 11.6. The summed E-state index contributed by atoms with van der Waals surface area (Å²) in [6.07, 6.45) is 0.143. The van der Waals surface area contributed by atoms with E-state index in [9.17, 15) is 9.59 Å². The molecule has 0 saturated heterocycles. The van der Waals surface area contributed by atoms with Crippen molar-refractivity contribution in [2.75, 3.05) is 6.61 Å². The van der Waals surface area contributed by atoms with E-state index in [2.05, 4.69) is 5.32 Å².